The molecule has 98 valence electrons. The number of rotatable bonds is 2. The molecule has 1 N–H and O–H groups in total. The van der Waals surface area contributed by atoms with Crippen molar-refractivity contribution in [1.82, 2.24) is 9.97 Å². The van der Waals surface area contributed by atoms with Crippen molar-refractivity contribution < 1.29 is 0 Å². The lowest BCUT2D eigenvalue weighted by Gasteiger charge is -2.22. The van der Waals surface area contributed by atoms with E-state index in [1.54, 1.807) is 6.33 Å². The molecule has 1 aromatic heterocycles. The fourth-order valence-corrected chi connectivity index (χ4v) is 3.40. The van der Waals surface area contributed by atoms with E-state index in [9.17, 15) is 0 Å². The summed E-state index contributed by atoms with van der Waals surface area (Å²) >= 11 is 0. The first-order chi connectivity index (χ1) is 8.64. The SMILES string of the molecule is CC1(C)CCC(Nc2ncnc3c2CCCC3)C1. The Bertz CT molecular complexity index is 439. The summed E-state index contributed by atoms with van der Waals surface area (Å²) in [6.45, 7) is 4.73. The molecule has 1 atom stereocenters. The molecule has 1 saturated carbocycles. The maximum Gasteiger partial charge on any atom is 0.133 e. The largest absolute Gasteiger partial charge is 0.367 e. The van der Waals surface area contributed by atoms with Gasteiger partial charge in [-0.1, -0.05) is 13.8 Å². The molecular weight excluding hydrogens is 222 g/mol. The molecule has 3 rings (SSSR count). The number of hydrogen-bond acceptors (Lipinski definition) is 3. The highest BCUT2D eigenvalue weighted by Gasteiger charge is 2.31. The lowest BCUT2D eigenvalue weighted by Crippen LogP contribution is -2.21. The lowest BCUT2D eigenvalue weighted by molar-refractivity contribution is 0.378. The highest BCUT2D eigenvalue weighted by molar-refractivity contribution is 5.47. The zero-order valence-corrected chi connectivity index (χ0v) is 11.5. The Balaban J connectivity index is 1.77. The molecule has 1 aromatic rings. The minimum atomic E-state index is 0.491. The highest BCUT2D eigenvalue weighted by Crippen LogP contribution is 2.38. The maximum absolute atomic E-state index is 4.48. The molecule has 1 unspecified atom stereocenters. The van der Waals surface area contributed by atoms with Crippen LogP contribution in [0, 0.1) is 5.41 Å². The second-order valence-electron chi connectivity index (χ2n) is 6.60. The van der Waals surface area contributed by atoms with E-state index >= 15 is 0 Å². The molecule has 0 saturated heterocycles. The van der Waals surface area contributed by atoms with E-state index in [2.05, 4.69) is 29.1 Å². The second-order valence-corrected chi connectivity index (χ2v) is 6.60. The molecule has 0 radical (unpaired) electrons. The van der Waals surface area contributed by atoms with Gasteiger partial charge in [-0.15, -0.1) is 0 Å². The molecule has 3 nitrogen and oxygen atoms in total. The molecule has 0 aromatic carbocycles. The Morgan fingerprint density at radius 1 is 1.22 bits per heavy atom. The van der Waals surface area contributed by atoms with Crippen LogP contribution in [0.15, 0.2) is 6.33 Å². The molecule has 0 bridgehead atoms. The zero-order chi connectivity index (χ0) is 12.6. The van der Waals surface area contributed by atoms with Crippen LogP contribution in [-0.4, -0.2) is 16.0 Å². The average molecular weight is 245 g/mol. The van der Waals surface area contributed by atoms with Gasteiger partial charge in [-0.25, -0.2) is 9.97 Å². The lowest BCUT2D eigenvalue weighted by atomic mass is 9.91. The quantitative estimate of drug-likeness (QED) is 0.868. The van der Waals surface area contributed by atoms with E-state index in [0.717, 1.165) is 18.7 Å². The molecule has 0 aliphatic heterocycles. The van der Waals surface area contributed by atoms with Gasteiger partial charge in [0.25, 0.3) is 0 Å². The first kappa shape index (κ1) is 11.9. The van der Waals surface area contributed by atoms with Gasteiger partial charge in [-0.2, -0.15) is 0 Å². The molecule has 0 amide bonds. The van der Waals surface area contributed by atoms with Crippen LogP contribution in [-0.2, 0) is 12.8 Å². The first-order valence-electron chi connectivity index (χ1n) is 7.23. The summed E-state index contributed by atoms with van der Waals surface area (Å²) in [6.07, 6.45) is 10.4. The standard InChI is InChI=1S/C15H23N3/c1-15(2)8-7-11(9-15)18-14-12-5-3-4-6-13(12)16-10-17-14/h10-11H,3-9H2,1-2H3,(H,16,17,18). The number of hydrogen-bond donors (Lipinski definition) is 1. The van der Waals surface area contributed by atoms with Crippen LogP contribution < -0.4 is 5.32 Å². The maximum atomic E-state index is 4.48. The highest BCUT2D eigenvalue weighted by atomic mass is 15.0. The van der Waals surface area contributed by atoms with Crippen molar-refractivity contribution in [2.75, 3.05) is 5.32 Å². The molecule has 2 aliphatic rings. The van der Waals surface area contributed by atoms with Gasteiger partial charge < -0.3 is 5.32 Å². The van der Waals surface area contributed by atoms with Gasteiger partial charge in [0.05, 0.1) is 0 Å². The number of nitrogens with one attached hydrogen (secondary N) is 1. The summed E-state index contributed by atoms with van der Waals surface area (Å²) in [5.74, 6) is 1.11. The van der Waals surface area contributed by atoms with Crippen LogP contribution in [0.1, 0.15) is 57.2 Å². The van der Waals surface area contributed by atoms with E-state index in [0.29, 0.717) is 11.5 Å². The third kappa shape index (κ3) is 2.36. The van der Waals surface area contributed by atoms with Crippen LogP contribution in [0.25, 0.3) is 0 Å². The molecule has 1 fully saturated rings. The van der Waals surface area contributed by atoms with Crippen molar-refractivity contribution in [1.29, 1.82) is 0 Å². The Labute approximate surface area is 109 Å². The van der Waals surface area contributed by atoms with Crippen molar-refractivity contribution in [3.05, 3.63) is 17.6 Å². The van der Waals surface area contributed by atoms with Crippen molar-refractivity contribution in [2.24, 2.45) is 5.41 Å². The Kier molecular flexibility index (Phi) is 3.00. The monoisotopic (exact) mass is 245 g/mol. The van der Waals surface area contributed by atoms with E-state index in [-0.39, 0.29) is 0 Å². The van der Waals surface area contributed by atoms with Gasteiger partial charge in [0, 0.05) is 17.3 Å². The number of aromatic nitrogens is 2. The number of nitrogens with zero attached hydrogens (tertiary/aromatic N) is 2. The summed E-state index contributed by atoms with van der Waals surface area (Å²) in [5.41, 5.74) is 3.15. The van der Waals surface area contributed by atoms with Crippen LogP contribution >= 0.6 is 0 Å². The molecule has 3 heteroatoms. The zero-order valence-electron chi connectivity index (χ0n) is 11.5. The van der Waals surface area contributed by atoms with E-state index in [1.807, 2.05) is 0 Å². The summed E-state index contributed by atoms with van der Waals surface area (Å²) in [7, 11) is 0. The summed E-state index contributed by atoms with van der Waals surface area (Å²) in [4.78, 5) is 8.91. The first-order valence-corrected chi connectivity index (χ1v) is 7.23. The van der Waals surface area contributed by atoms with Crippen LogP contribution in [0.2, 0.25) is 0 Å². The van der Waals surface area contributed by atoms with E-state index in [1.165, 1.54) is 43.4 Å². The Morgan fingerprint density at radius 3 is 2.83 bits per heavy atom. The minimum Gasteiger partial charge on any atom is -0.367 e. The summed E-state index contributed by atoms with van der Waals surface area (Å²) in [5, 5.41) is 3.67. The van der Waals surface area contributed by atoms with Crippen LogP contribution in [0.3, 0.4) is 0 Å². The predicted molar refractivity (Wildman–Crippen MR) is 73.7 cm³/mol. The van der Waals surface area contributed by atoms with Gasteiger partial charge in [0.15, 0.2) is 0 Å². The van der Waals surface area contributed by atoms with Gasteiger partial charge in [0.2, 0.25) is 0 Å². The van der Waals surface area contributed by atoms with Crippen molar-refractivity contribution >= 4 is 5.82 Å². The third-order valence-corrected chi connectivity index (χ3v) is 4.43. The Morgan fingerprint density at radius 2 is 2.06 bits per heavy atom. The Hall–Kier alpha value is -1.12. The molecule has 18 heavy (non-hydrogen) atoms. The third-order valence-electron chi connectivity index (χ3n) is 4.43. The molecule has 1 heterocycles. The van der Waals surface area contributed by atoms with Crippen LogP contribution in [0.4, 0.5) is 5.82 Å². The van der Waals surface area contributed by atoms with Crippen molar-refractivity contribution in [2.45, 2.75) is 64.8 Å². The summed E-state index contributed by atoms with van der Waals surface area (Å²) < 4.78 is 0. The van der Waals surface area contributed by atoms with E-state index < -0.39 is 0 Å². The van der Waals surface area contributed by atoms with Crippen molar-refractivity contribution in [3.63, 3.8) is 0 Å². The van der Waals surface area contributed by atoms with Gasteiger partial charge in [0.1, 0.15) is 12.1 Å². The predicted octanol–water partition coefficient (Wildman–Crippen LogP) is 3.35. The second kappa shape index (κ2) is 4.52. The number of aryl methyl sites for hydroxylation is 1. The molecule has 2 aliphatic carbocycles. The van der Waals surface area contributed by atoms with Gasteiger partial charge in [-0.05, 0) is 50.4 Å². The molecule has 0 spiro atoms. The van der Waals surface area contributed by atoms with Gasteiger partial charge in [-0.3, -0.25) is 0 Å². The fourth-order valence-electron chi connectivity index (χ4n) is 3.40. The van der Waals surface area contributed by atoms with Crippen LogP contribution in [0.5, 0.6) is 0 Å². The van der Waals surface area contributed by atoms with Gasteiger partial charge >= 0.3 is 0 Å². The number of anilines is 1. The fraction of sp³-hybridized carbons (Fsp3) is 0.733. The minimum absolute atomic E-state index is 0.491. The van der Waals surface area contributed by atoms with Crippen molar-refractivity contribution in [3.8, 4) is 0 Å². The number of fused-ring (bicyclic) bond motifs is 1. The topological polar surface area (TPSA) is 37.8 Å². The smallest absolute Gasteiger partial charge is 0.133 e. The van der Waals surface area contributed by atoms with E-state index in [4.69, 9.17) is 0 Å². The summed E-state index contributed by atoms with van der Waals surface area (Å²) in [6, 6.07) is 0.598. The normalized spacial score (nSPS) is 25.8. The average Bonchev–Trinajstić information content (AvgIpc) is 2.69. The molecular formula is C15H23N3.